The maximum Gasteiger partial charge on any atom is 0.249 e. The molecule has 0 aromatic heterocycles. The van der Waals surface area contributed by atoms with Gasteiger partial charge in [0, 0.05) is 43.7 Å². The van der Waals surface area contributed by atoms with Gasteiger partial charge in [-0.25, -0.2) is 16.9 Å². The number of carbonyl (C=O) groups is 2. The molecule has 1 aromatic carbocycles. The number of hydrogen-bond donors (Lipinski definition) is 4. The van der Waals surface area contributed by atoms with E-state index in [-0.39, 0.29) is 17.6 Å². The predicted molar refractivity (Wildman–Crippen MR) is 98.5 cm³/mol. The van der Waals surface area contributed by atoms with Gasteiger partial charge < -0.3 is 15.5 Å². The van der Waals surface area contributed by atoms with Crippen molar-refractivity contribution < 1.29 is 14.0 Å². The van der Waals surface area contributed by atoms with Crippen molar-refractivity contribution >= 4 is 42.8 Å². The summed E-state index contributed by atoms with van der Waals surface area (Å²) in [7, 11) is 4.19. The number of rotatable bonds is 3. The molecule has 1 atom stereocenters. The predicted octanol–water partition coefficient (Wildman–Crippen LogP) is 0.452. The number of hydrogen-bond acceptors (Lipinski definition) is 6. The van der Waals surface area contributed by atoms with Crippen LogP contribution in [0.2, 0.25) is 0 Å². The molecule has 2 amide bonds. The summed E-state index contributed by atoms with van der Waals surface area (Å²) in [4.78, 5) is 24.9. The van der Waals surface area contributed by atoms with Crippen molar-refractivity contribution in [2.75, 3.05) is 36.4 Å². The fourth-order valence-electron chi connectivity index (χ4n) is 3.52. The first-order valence-corrected chi connectivity index (χ1v) is 8.68. The highest BCUT2D eigenvalue weighted by Gasteiger charge is 2.48. The Labute approximate surface area is 152 Å². The number of anilines is 2. The lowest BCUT2D eigenvalue weighted by molar-refractivity contribution is -0.133. The Morgan fingerprint density at radius 1 is 1.28 bits per heavy atom. The second-order valence-electron chi connectivity index (χ2n) is 6.77. The SMILES string of the molecule is O=C1CCC(Nc2ccc(N3CC4(CNC4)C3)c(F)c2)C(=O)N1.[B]S. The summed E-state index contributed by atoms with van der Waals surface area (Å²) < 4.78 is 14.4. The Hall–Kier alpha value is -1.74. The molecule has 0 saturated carbocycles. The molecule has 3 N–H and O–H groups in total. The molecule has 0 aliphatic carbocycles. The summed E-state index contributed by atoms with van der Waals surface area (Å²) in [6, 6.07) is 4.46. The molecule has 3 fully saturated rings. The topological polar surface area (TPSA) is 73.5 Å². The first kappa shape index (κ1) is 18.1. The van der Waals surface area contributed by atoms with Gasteiger partial charge in [0.2, 0.25) is 11.8 Å². The summed E-state index contributed by atoms with van der Waals surface area (Å²) in [5.41, 5.74) is 1.51. The average molecular weight is 362 g/mol. The molecule has 3 heterocycles. The van der Waals surface area contributed by atoms with Crippen LogP contribution in [0.3, 0.4) is 0 Å². The maximum atomic E-state index is 14.4. The van der Waals surface area contributed by atoms with Crippen LogP contribution >= 0.6 is 12.5 Å². The van der Waals surface area contributed by atoms with Crippen molar-refractivity contribution in [1.29, 1.82) is 0 Å². The Morgan fingerprint density at radius 3 is 2.56 bits per heavy atom. The summed E-state index contributed by atoms with van der Waals surface area (Å²) in [6.45, 7) is 3.80. The number of nitrogens with zero attached hydrogens (tertiary/aromatic N) is 1. The van der Waals surface area contributed by atoms with E-state index < -0.39 is 6.04 Å². The number of piperidine rings is 1. The third-order valence-corrected chi connectivity index (χ3v) is 4.92. The van der Waals surface area contributed by atoms with Crippen molar-refractivity contribution in [3.63, 3.8) is 0 Å². The zero-order chi connectivity index (χ0) is 18.0. The molecular weight excluding hydrogens is 342 g/mol. The van der Waals surface area contributed by atoms with Crippen molar-refractivity contribution in [1.82, 2.24) is 10.6 Å². The minimum atomic E-state index is -0.494. The van der Waals surface area contributed by atoms with Crippen LogP contribution in [0.4, 0.5) is 15.8 Å². The first-order chi connectivity index (χ1) is 12.0. The number of thiol groups is 1. The molecule has 4 rings (SSSR count). The second-order valence-corrected chi connectivity index (χ2v) is 6.77. The van der Waals surface area contributed by atoms with E-state index in [1.54, 1.807) is 12.1 Å². The van der Waals surface area contributed by atoms with Gasteiger partial charge in [-0.15, -0.1) is 0 Å². The van der Waals surface area contributed by atoms with Gasteiger partial charge in [0.15, 0.2) is 7.12 Å². The van der Waals surface area contributed by atoms with Crippen LogP contribution in [0.15, 0.2) is 18.2 Å². The summed E-state index contributed by atoms with van der Waals surface area (Å²) in [5, 5.41) is 8.55. The molecule has 3 saturated heterocycles. The quantitative estimate of drug-likeness (QED) is 0.357. The average Bonchev–Trinajstić information content (AvgIpc) is 2.51. The second kappa shape index (κ2) is 7.25. The Balaban J connectivity index is 0.000000880. The van der Waals surface area contributed by atoms with Gasteiger partial charge >= 0.3 is 0 Å². The number of nitrogens with one attached hydrogen (secondary N) is 3. The summed E-state index contributed by atoms with van der Waals surface area (Å²) in [6.07, 6.45) is 0.726. The number of amides is 2. The molecular formula is C16H20BFN4O2S. The molecule has 9 heteroatoms. The van der Waals surface area contributed by atoms with Crippen LogP contribution in [0.5, 0.6) is 0 Å². The lowest BCUT2D eigenvalue weighted by atomic mass is 9.74. The van der Waals surface area contributed by atoms with E-state index in [1.165, 1.54) is 6.07 Å². The molecule has 132 valence electrons. The van der Waals surface area contributed by atoms with Crippen molar-refractivity contribution in [2.24, 2.45) is 5.41 Å². The van der Waals surface area contributed by atoms with E-state index in [2.05, 4.69) is 35.6 Å². The third-order valence-electron chi connectivity index (χ3n) is 4.92. The van der Waals surface area contributed by atoms with Gasteiger partial charge in [-0.1, -0.05) is 0 Å². The summed E-state index contributed by atoms with van der Waals surface area (Å²) in [5.74, 6) is -0.899. The number of halogens is 1. The standard InChI is InChI=1S/C16H19FN4O2.BHS/c17-11-5-10(19-12-2-4-14(22)20-15(12)23)1-3-13(11)21-8-16(9-21)6-18-7-16;1-2/h1,3,5,12,18-19H,2,4,6-9H2,(H,20,22,23);2H. The smallest absolute Gasteiger partial charge is 0.249 e. The zero-order valence-electron chi connectivity index (χ0n) is 13.7. The van der Waals surface area contributed by atoms with Crippen LogP contribution in [0.1, 0.15) is 12.8 Å². The fraction of sp³-hybridized carbons (Fsp3) is 0.500. The van der Waals surface area contributed by atoms with E-state index in [0.717, 1.165) is 26.2 Å². The minimum Gasteiger partial charge on any atom is -0.374 e. The molecule has 0 bridgehead atoms. The Bertz CT molecular complexity index is 678. The number of carbonyl (C=O) groups excluding carboxylic acids is 2. The first-order valence-electron chi connectivity index (χ1n) is 8.16. The molecule has 1 aromatic rings. The van der Waals surface area contributed by atoms with Crippen molar-refractivity contribution in [3.05, 3.63) is 24.0 Å². The van der Waals surface area contributed by atoms with Crippen molar-refractivity contribution in [2.45, 2.75) is 18.9 Å². The van der Waals surface area contributed by atoms with Gasteiger partial charge in [-0.3, -0.25) is 14.9 Å². The molecule has 3 aliphatic rings. The number of benzene rings is 1. The van der Waals surface area contributed by atoms with E-state index in [1.807, 2.05) is 4.90 Å². The molecule has 3 aliphatic heterocycles. The molecule has 1 spiro atoms. The Kier molecular flexibility index (Phi) is 5.24. The molecule has 2 radical (unpaired) electrons. The highest BCUT2D eigenvalue weighted by molar-refractivity contribution is 8.03. The normalized spacial score (nSPS) is 23.8. The Morgan fingerprint density at radius 2 is 2.00 bits per heavy atom. The van der Waals surface area contributed by atoms with E-state index in [4.69, 9.17) is 0 Å². The third kappa shape index (κ3) is 3.62. The zero-order valence-corrected chi connectivity index (χ0v) is 14.6. The number of imide groups is 1. The molecule has 6 nitrogen and oxygen atoms in total. The largest absolute Gasteiger partial charge is 0.374 e. The minimum absolute atomic E-state index is 0.258. The van der Waals surface area contributed by atoms with E-state index in [9.17, 15) is 14.0 Å². The van der Waals surface area contributed by atoms with Crippen LogP contribution < -0.4 is 20.9 Å². The van der Waals surface area contributed by atoms with Gasteiger partial charge in [0.1, 0.15) is 11.9 Å². The highest BCUT2D eigenvalue weighted by Crippen LogP contribution is 2.38. The lowest BCUT2D eigenvalue weighted by Gasteiger charge is -2.57. The fourth-order valence-corrected chi connectivity index (χ4v) is 3.52. The maximum absolute atomic E-state index is 14.4. The highest BCUT2D eigenvalue weighted by atomic mass is 32.1. The van der Waals surface area contributed by atoms with Crippen molar-refractivity contribution in [3.8, 4) is 0 Å². The van der Waals surface area contributed by atoms with Crippen LogP contribution in [0, 0.1) is 11.2 Å². The van der Waals surface area contributed by atoms with Gasteiger partial charge in [0.25, 0.3) is 0 Å². The van der Waals surface area contributed by atoms with E-state index >= 15 is 0 Å². The molecule has 1 unspecified atom stereocenters. The van der Waals surface area contributed by atoms with Crippen LogP contribution in [0.25, 0.3) is 0 Å². The van der Waals surface area contributed by atoms with Gasteiger partial charge in [0.05, 0.1) is 5.69 Å². The lowest BCUT2D eigenvalue weighted by Crippen LogP contribution is -2.71. The van der Waals surface area contributed by atoms with Crippen LogP contribution in [-0.4, -0.2) is 51.2 Å². The van der Waals surface area contributed by atoms with Gasteiger partial charge in [-0.2, -0.15) is 0 Å². The van der Waals surface area contributed by atoms with Gasteiger partial charge in [-0.05, 0) is 24.6 Å². The summed E-state index contributed by atoms with van der Waals surface area (Å²) >= 11 is 3.03. The van der Waals surface area contributed by atoms with E-state index in [0.29, 0.717) is 29.6 Å². The van der Waals surface area contributed by atoms with Crippen LogP contribution in [-0.2, 0) is 9.59 Å². The molecule has 25 heavy (non-hydrogen) atoms. The monoisotopic (exact) mass is 362 g/mol.